The van der Waals surface area contributed by atoms with Gasteiger partial charge in [-0.05, 0) is 13.8 Å². The molecule has 0 saturated carbocycles. The molecule has 0 heterocycles. The van der Waals surface area contributed by atoms with Crippen molar-refractivity contribution in [2.75, 3.05) is 14.2 Å². The molecular formula is C10H15ClO6. The molecule has 0 fully saturated rings. The van der Waals surface area contributed by atoms with E-state index >= 15 is 0 Å². The summed E-state index contributed by atoms with van der Waals surface area (Å²) in [6.07, 6.45) is -0.115. The molecule has 0 rings (SSSR count). The van der Waals surface area contributed by atoms with E-state index in [0.29, 0.717) is 0 Å². The van der Waals surface area contributed by atoms with Gasteiger partial charge in [-0.1, -0.05) is 0 Å². The fourth-order valence-electron chi connectivity index (χ4n) is 0.545. The lowest BCUT2D eigenvalue weighted by Crippen LogP contribution is -2.23. The first-order chi connectivity index (χ1) is 7.76. The van der Waals surface area contributed by atoms with Crippen molar-refractivity contribution in [2.24, 2.45) is 0 Å². The first-order valence-electron chi connectivity index (χ1n) is 4.54. The molecule has 0 bridgehead atoms. The Morgan fingerprint density at radius 2 is 1.53 bits per heavy atom. The second kappa shape index (κ2) is 9.77. The predicted octanol–water partition coefficient (Wildman–Crippen LogP) is 0.494. The fourth-order valence-corrected chi connectivity index (χ4v) is 0.634. The lowest BCUT2D eigenvalue weighted by Gasteiger charge is -2.00. The maximum atomic E-state index is 10.4. The molecule has 6 nitrogen and oxygen atoms in total. The summed E-state index contributed by atoms with van der Waals surface area (Å²) in [6.45, 7) is 2.57. The molecule has 0 spiro atoms. The van der Waals surface area contributed by atoms with E-state index in [1.54, 1.807) is 0 Å². The smallest absolute Gasteiger partial charge is 0.331 e. The highest BCUT2D eigenvalue weighted by Gasteiger charge is 2.19. The molecule has 1 atom stereocenters. The number of ketones is 2. The van der Waals surface area contributed by atoms with E-state index in [0.717, 1.165) is 0 Å². The van der Waals surface area contributed by atoms with Gasteiger partial charge >= 0.3 is 11.9 Å². The lowest BCUT2D eigenvalue weighted by atomic mass is 10.3. The molecule has 7 heteroatoms. The molecule has 0 aromatic heterocycles. The number of carbonyl (C=O) groups is 4. The second-order valence-corrected chi connectivity index (χ2v) is 3.39. The molecule has 0 aromatic rings. The van der Waals surface area contributed by atoms with Crippen LogP contribution in [0.2, 0.25) is 0 Å². The van der Waals surface area contributed by atoms with Gasteiger partial charge in [0, 0.05) is 0 Å². The molecule has 0 aromatic carbocycles. The Kier molecular flexibility index (Phi) is 10.3. The van der Waals surface area contributed by atoms with E-state index in [4.69, 9.17) is 11.6 Å². The zero-order valence-electron chi connectivity index (χ0n) is 10.1. The van der Waals surface area contributed by atoms with Crippen LogP contribution in [-0.4, -0.2) is 43.1 Å². The SMILES string of the molecule is COC(=O)C(Cl)C(C)=O.COC(=O)CC(C)=O. The third-order valence-electron chi connectivity index (χ3n) is 1.39. The molecule has 0 N–H and O–H groups in total. The van der Waals surface area contributed by atoms with Gasteiger partial charge in [0.15, 0.2) is 11.2 Å². The summed E-state index contributed by atoms with van der Waals surface area (Å²) in [6, 6.07) is 0. The van der Waals surface area contributed by atoms with E-state index in [1.165, 1.54) is 28.1 Å². The average molecular weight is 267 g/mol. The Bertz CT molecular complexity index is 299. The average Bonchev–Trinajstić information content (AvgIpc) is 2.26. The first kappa shape index (κ1) is 17.9. The summed E-state index contributed by atoms with van der Waals surface area (Å²) < 4.78 is 8.38. The number of hydrogen-bond donors (Lipinski definition) is 0. The van der Waals surface area contributed by atoms with E-state index in [1.807, 2.05) is 0 Å². The molecule has 0 aliphatic heterocycles. The maximum Gasteiger partial charge on any atom is 0.331 e. The van der Waals surface area contributed by atoms with Crippen molar-refractivity contribution in [3.05, 3.63) is 0 Å². The highest BCUT2D eigenvalue weighted by atomic mass is 35.5. The van der Waals surface area contributed by atoms with Crippen molar-refractivity contribution in [1.82, 2.24) is 0 Å². The molecule has 98 valence electrons. The van der Waals surface area contributed by atoms with Crippen LogP contribution in [0.5, 0.6) is 0 Å². The van der Waals surface area contributed by atoms with Crippen molar-refractivity contribution in [3.63, 3.8) is 0 Å². The second-order valence-electron chi connectivity index (χ2n) is 2.95. The standard InChI is InChI=1S/C5H7ClO3.C5H8O3/c1-3(7)4(6)5(8)9-2;1-4(6)3-5(7)8-2/h4H,1-2H3;3H2,1-2H3. The van der Waals surface area contributed by atoms with Crippen LogP contribution in [0, 0.1) is 0 Å². The normalized spacial score (nSPS) is 10.4. The quantitative estimate of drug-likeness (QED) is 0.418. The zero-order valence-corrected chi connectivity index (χ0v) is 10.9. The summed E-state index contributed by atoms with van der Waals surface area (Å²) >= 11 is 5.24. The molecule has 0 amide bonds. The Labute approximate surface area is 104 Å². The number of rotatable bonds is 4. The van der Waals surface area contributed by atoms with Crippen LogP contribution in [0.15, 0.2) is 0 Å². The molecule has 0 aliphatic carbocycles. The van der Waals surface area contributed by atoms with Gasteiger partial charge in [-0.25, -0.2) is 4.79 Å². The molecule has 1 unspecified atom stereocenters. The number of alkyl halides is 1. The monoisotopic (exact) mass is 266 g/mol. The van der Waals surface area contributed by atoms with Gasteiger partial charge in [0.25, 0.3) is 0 Å². The fraction of sp³-hybridized carbons (Fsp3) is 0.600. The Balaban J connectivity index is 0. The van der Waals surface area contributed by atoms with Gasteiger partial charge in [0.2, 0.25) is 0 Å². The maximum absolute atomic E-state index is 10.4. The van der Waals surface area contributed by atoms with Gasteiger partial charge in [0.1, 0.15) is 12.2 Å². The Hall–Kier alpha value is -1.43. The third-order valence-corrected chi connectivity index (χ3v) is 1.87. The van der Waals surface area contributed by atoms with E-state index in [9.17, 15) is 19.2 Å². The van der Waals surface area contributed by atoms with Crippen LogP contribution in [-0.2, 0) is 28.7 Å². The molecular weight excluding hydrogens is 252 g/mol. The number of esters is 2. The molecule has 0 saturated heterocycles. The summed E-state index contributed by atoms with van der Waals surface area (Å²) in [7, 11) is 2.44. The van der Waals surface area contributed by atoms with E-state index in [-0.39, 0.29) is 12.2 Å². The van der Waals surface area contributed by atoms with Crippen LogP contribution in [0.4, 0.5) is 0 Å². The van der Waals surface area contributed by atoms with Crippen LogP contribution >= 0.6 is 11.6 Å². The van der Waals surface area contributed by atoms with Gasteiger partial charge in [-0.15, -0.1) is 11.6 Å². The van der Waals surface area contributed by atoms with Gasteiger partial charge in [-0.3, -0.25) is 14.4 Å². The molecule has 0 aliphatic rings. The summed E-state index contributed by atoms with van der Waals surface area (Å²) in [4.78, 5) is 41.0. The minimum atomic E-state index is -1.14. The Morgan fingerprint density at radius 1 is 1.06 bits per heavy atom. The highest BCUT2D eigenvalue weighted by molar-refractivity contribution is 6.40. The predicted molar refractivity (Wildman–Crippen MR) is 59.7 cm³/mol. The summed E-state index contributed by atoms with van der Waals surface area (Å²) in [5.41, 5.74) is 0. The van der Waals surface area contributed by atoms with Crippen LogP contribution < -0.4 is 0 Å². The van der Waals surface area contributed by atoms with Crippen molar-refractivity contribution in [2.45, 2.75) is 25.6 Å². The third kappa shape index (κ3) is 10.8. The minimum Gasteiger partial charge on any atom is -0.469 e. The highest BCUT2D eigenvalue weighted by Crippen LogP contribution is 1.98. The van der Waals surface area contributed by atoms with Crippen molar-refractivity contribution < 1.29 is 28.7 Å². The largest absolute Gasteiger partial charge is 0.469 e. The van der Waals surface area contributed by atoms with Crippen LogP contribution in [0.1, 0.15) is 20.3 Å². The number of methoxy groups -OCH3 is 2. The van der Waals surface area contributed by atoms with Crippen molar-refractivity contribution in [3.8, 4) is 0 Å². The van der Waals surface area contributed by atoms with Gasteiger partial charge < -0.3 is 9.47 Å². The van der Waals surface area contributed by atoms with Crippen LogP contribution in [0.3, 0.4) is 0 Å². The summed E-state index contributed by atoms with van der Waals surface area (Å²) in [5, 5.41) is -1.14. The van der Waals surface area contributed by atoms with Crippen LogP contribution in [0.25, 0.3) is 0 Å². The van der Waals surface area contributed by atoms with Gasteiger partial charge in [-0.2, -0.15) is 0 Å². The number of carbonyl (C=O) groups excluding carboxylic acids is 4. The van der Waals surface area contributed by atoms with E-state index < -0.39 is 23.1 Å². The lowest BCUT2D eigenvalue weighted by molar-refractivity contribution is -0.144. The summed E-state index contributed by atoms with van der Waals surface area (Å²) in [5.74, 6) is -1.75. The minimum absolute atomic E-state index is 0.115. The number of halogens is 1. The topological polar surface area (TPSA) is 86.7 Å². The molecule has 17 heavy (non-hydrogen) atoms. The number of hydrogen-bond acceptors (Lipinski definition) is 6. The zero-order chi connectivity index (χ0) is 14.0. The van der Waals surface area contributed by atoms with Crippen molar-refractivity contribution in [1.29, 1.82) is 0 Å². The van der Waals surface area contributed by atoms with Crippen molar-refractivity contribution >= 4 is 35.1 Å². The Morgan fingerprint density at radius 3 is 1.65 bits per heavy atom. The van der Waals surface area contributed by atoms with E-state index in [2.05, 4.69) is 9.47 Å². The number of Topliss-reactive ketones (excluding diaryl/α,β-unsaturated/α-hetero) is 2. The molecule has 0 radical (unpaired) electrons. The first-order valence-corrected chi connectivity index (χ1v) is 4.98. The van der Waals surface area contributed by atoms with Gasteiger partial charge in [0.05, 0.1) is 14.2 Å². The number of ether oxygens (including phenoxy) is 2.